The molecule has 1 aromatic heterocycles. The Morgan fingerprint density at radius 3 is 2.68 bits per heavy atom. The van der Waals surface area contributed by atoms with Crippen LogP contribution in [-0.4, -0.2) is 22.7 Å². The maximum absolute atomic E-state index is 6.57. The Bertz CT molecular complexity index is 827. The smallest absolute Gasteiger partial charge is 0.236 e. The first-order valence-corrected chi connectivity index (χ1v) is 11.4. The third-order valence-corrected chi connectivity index (χ3v) is 8.13. The van der Waals surface area contributed by atoms with E-state index < -0.39 is 17.7 Å². The number of ether oxygens (including phenoxy) is 2. The van der Waals surface area contributed by atoms with Crippen molar-refractivity contribution < 1.29 is 19.2 Å². The Labute approximate surface area is 171 Å². The molecule has 5 nitrogen and oxygen atoms in total. The highest BCUT2D eigenvalue weighted by atomic mass is 32.1. The molecular formula is C22H31NO4S. The van der Waals surface area contributed by atoms with E-state index in [9.17, 15) is 0 Å². The molecule has 1 spiro atoms. The van der Waals surface area contributed by atoms with E-state index in [0.29, 0.717) is 11.8 Å². The van der Waals surface area contributed by atoms with Crippen LogP contribution < -0.4 is 0 Å². The summed E-state index contributed by atoms with van der Waals surface area (Å²) in [5, 5.41) is 3.10. The van der Waals surface area contributed by atoms with Gasteiger partial charge >= 0.3 is 0 Å². The second-order valence-corrected chi connectivity index (χ2v) is 11.1. The number of fused-ring (bicyclic) bond motifs is 2. The van der Waals surface area contributed by atoms with Gasteiger partial charge in [-0.2, -0.15) is 0 Å². The summed E-state index contributed by atoms with van der Waals surface area (Å²) >= 11 is 1.66. The second-order valence-electron chi connectivity index (χ2n) is 10.3. The standard InChI is InChI=1S/C22H31NO4S/c1-12-7-8-15-13(2)17(18-23-16(11-28-18)20(3,4)5)24-19-22(15)14(12)9-10-21(6,25-19)26-27-22/h11-12,14-15,19H,7-10H2,1-6H3/t12-,14+,15+,19?,21+,22-/m1/s1. The molecule has 154 valence electrons. The fourth-order valence-electron chi connectivity index (χ4n) is 5.56. The molecule has 1 aliphatic carbocycles. The summed E-state index contributed by atoms with van der Waals surface area (Å²) in [4.78, 5) is 17.0. The first-order chi connectivity index (χ1) is 13.1. The molecule has 1 aromatic rings. The van der Waals surface area contributed by atoms with Crippen LogP contribution in [-0.2, 0) is 24.7 Å². The van der Waals surface area contributed by atoms with Gasteiger partial charge in [0.05, 0.1) is 5.69 Å². The van der Waals surface area contributed by atoms with Crippen molar-refractivity contribution in [2.45, 2.75) is 90.3 Å². The van der Waals surface area contributed by atoms with Crippen molar-refractivity contribution in [2.75, 3.05) is 0 Å². The first-order valence-electron chi connectivity index (χ1n) is 10.5. The lowest BCUT2D eigenvalue weighted by molar-refractivity contribution is -0.553. The van der Waals surface area contributed by atoms with E-state index in [4.69, 9.17) is 24.2 Å². The van der Waals surface area contributed by atoms with Crippen LogP contribution in [0.3, 0.4) is 0 Å². The average molecular weight is 406 g/mol. The van der Waals surface area contributed by atoms with Crippen LogP contribution in [0.5, 0.6) is 0 Å². The Morgan fingerprint density at radius 1 is 1.18 bits per heavy atom. The molecular weight excluding hydrogens is 374 g/mol. The summed E-state index contributed by atoms with van der Waals surface area (Å²) in [7, 11) is 0. The second kappa shape index (κ2) is 6.03. The molecule has 4 fully saturated rings. The molecule has 5 aliphatic rings. The van der Waals surface area contributed by atoms with E-state index in [-0.39, 0.29) is 11.3 Å². The molecule has 5 heterocycles. The van der Waals surface area contributed by atoms with E-state index >= 15 is 0 Å². The number of hydrogen-bond donors (Lipinski definition) is 0. The zero-order valence-electron chi connectivity index (χ0n) is 17.7. The number of aromatic nitrogens is 1. The van der Waals surface area contributed by atoms with Crippen molar-refractivity contribution in [3.8, 4) is 0 Å². The highest BCUT2D eigenvalue weighted by Crippen LogP contribution is 2.61. The van der Waals surface area contributed by atoms with Gasteiger partial charge in [-0.3, -0.25) is 0 Å². The van der Waals surface area contributed by atoms with Gasteiger partial charge < -0.3 is 9.47 Å². The fraction of sp³-hybridized carbons (Fsp3) is 0.773. The molecule has 6 rings (SSSR count). The van der Waals surface area contributed by atoms with Gasteiger partial charge in [-0.05, 0) is 44.6 Å². The minimum atomic E-state index is -0.743. The molecule has 4 aliphatic heterocycles. The highest BCUT2D eigenvalue weighted by Gasteiger charge is 2.68. The Balaban J connectivity index is 1.61. The molecule has 3 saturated heterocycles. The molecule has 6 atom stereocenters. The quantitative estimate of drug-likeness (QED) is 0.584. The van der Waals surface area contributed by atoms with Crippen molar-refractivity contribution in [1.82, 2.24) is 4.98 Å². The van der Waals surface area contributed by atoms with Gasteiger partial charge in [0.2, 0.25) is 12.1 Å². The maximum Gasteiger partial charge on any atom is 0.236 e. The zero-order chi connectivity index (χ0) is 19.9. The first kappa shape index (κ1) is 19.0. The van der Waals surface area contributed by atoms with Crippen LogP contribution in [0, 0.1) is 17.8 Å². The van der Waals surface area contributed by atoms with Gasteiger partial charge in [0.1, 0.15) is 0 Å². The van der Waals surface area contributed by atoms with Gasteiger partial charge in [0.15, 0.2) is 16.4 Å². The Hall–Kier alpha value is -0.950. The lowest BCUT2D eigenvalue weighted by Gasteiger charge is -2.57. The summed E-state index contributed by atoms with van der Waals surface area (Å²) in [6.07, 6.45) is 3.68. The average Bonchev–Trinajstić information content (AvgIpc) is 3.01. The molecule has 0 amide bonds. The highest BCUT2D eigenvalue weighted by molar-refractivity contribution is 7.10. The summed E-state index contributed by atoms with van der Waals surface area (Å²) < 4.78 is 13.0. The predicted molar refractivity (Wildman–Crippen MR) is 107 cm³/mol. The molecule has 6 heteroatoms. The molecule has 0 radical (unpaired) electrons. The minimum Gasteiger partial charge on any atom is -0.458 e. The molecule has 0 N–H and O–H groups in total. The summed E-state index contributed by atoms with van der Waals surface area (Å²) in [6.45, 7) is 13.1. The molecule has 1 saturated carbocycles. The van der Waals surface area contributed by atoms with Gasteiger partial charge in [-0.15, -0.1) is 11.3 Å². The van der Waals surface area contributed by atoms with Gasteiger partial charge in [0.25, 0.3) is 0 Å². The summed E-state index contributed by atoms with van der Waals surface area (Å²) in [5.41, 5.74) is 1.79. The Kier molecular flexibility index (Phi) is 4.10. The largest absolute Gasteiger partial charge is 0.458 e. The molecule has 2 bridgehead atoms. The number of hydrogen-bond acceptors (Lipinski definition) is 6. The topological polar surface area (TPSA) is 49.8 Å². The van der Waals surface area contributed by atoms with Gasteiger partial charge in [-0.25, -0.2) is 14.8 Å². The van der Waals surface area contributed by atoms with Crippen molar-refractivity contribution in [2.24, 2.45) is 17.8 Å². The van der Waals surface area contributed by atoms with Crippen LogP contribution >= 0.6 is 11.3 Å². The van der Waals surface area contributed by atoms with Crippen molar-refractivity contribution in [1.29, 1.82) is 0 Å². The van der Waals surface area contributed by atoms with Crippen LogP contribution in [0.1, 0.15) is 77.9 Å². The van der Waals surface area contributed by atoms with Crippen LogP contribution in [0.25, 0.3) is 5.76 Å². The molecule has 28 heavy (non-hydrogen) atoms. The summed E-state index contributed by atoms with van der Waals surface area (Å²) in [5.74, 6) is 1.31. The Morgan fingerprint density at radius 2 is 1.96 bits per heavy atom. The van der Waals surface area contributed by atoms with E-state index in [0.717, 1.165) is 35.7 Å². The lowest BCUT2D eigenvalue weighted by atomic mass is 9.59. The number of rotatable bonds is 1. The third kappa shape index (κ3) is 2.57. The third-order valence-electron chi connectivity index (χ3n) is 7.29. The van der Waals surface area contributed by atoms with Gasteiger partial charge in [0, 0.05) is 29.1 Å². The minimum absolute atomic E-state index is 0.0206. The maximum atomic E-state index is 6.57. The van der Waals surface area contributed by atoms with Crippen LogP contribution in [0.2, 0.25) is 0 Å². The molecule has 1 unspecified atom stereocenters. The zero-order valence-corrected chi connectivity index (χ0v) is 18.5. The normalized spacial score (nSPS) is 42.8. The monoisotopic (exact) mass is 405 g/mol. The SMILES string of the molecule is CC1=C(c2nc(C(C)(C)C)cs2)OC2O[C@]3(C)CC[C@H]4[C@H](C)CC[C@@H]1[C@@]24OO3. The number of thiazole rings is 1. The van der Waals surface area contributed by atoms with Crippen molar-refractivity contribution >= 4 is 17.1 Å². The number of nitrogens with zero attached hydrogens (tertiary/aromatic N) is 1. The lowest BCUT2D eigenvalue weighted by Crippen LogP contribution is -2.66. The van der Waals surface area contributed by atoms with Crippen molar-refractivity contribution in [3.63, 3.8) is 0 Å². The van der Waals surface area contributed by atoms with E-state index in [1.807, 2.05) is 6.92 Å². The van der Waals surface area contributed by atoms with Crippen molar-refractivity contribution in [3.05, 3.63) is 21.7 Å². The predicted octanol–water partition coefficient (Wildman–Crippen LogP) is 5.42. The van der Waals surface area contributed by atoms with E-state index in [1.54, 1.807) is 11.3 Å². The van der Waals surface area contributed by atoms with Crippen LogP contribution in [0.15, 0.2) is 11.0 Å². The fourth-order valence-corrected chi connectivity index (χ4v) is 6.65. The molecule has 0 aromatic carbocycles. The van der Waals surface area contributed by atoms with E-state index in [2.05, 4.69) is 40.0 Å². The van der Waals surface area contributed by atoms with Gasteiger partial charge in [-0.1, -0.05) is 27.7 Å². The summed E-state index contributed by atoms with van der Waals surface area (Å²) in [6, 6.07) is 0. The van der Waals surface area contributed by atoms with E-state index in [1.165, 1.54) is 12.0 Å². The van der Waals surface area contributed by atoms with Crippen LogP contribution in [0.4, 0.5) is 0 Å².